The number of benzene rings is 5. The summed E-state index contributed by atoms with van der Waals surface area (Å²) in [5.41, 5.74) is 4.26. The van der Waals surface area contributed by atoms with E-state index in [1.54, 1.807) is 36.4 Å². The molecule has 0 atom stereocenters. The minimum absolute atomic E-state index is 0.134. The maximum atomic E-state index is 14.8. The van der Waals surface area contributed by atoms with Crippen molar-refractivity contribution in [2.24, 2.45) is 0 Å². The Labute approximate surface area is 210 Å². The molecule has 1 nitrogen and oxygen atoms in total. The van der Waals surface area contributed by atoms with Crippen LogP contribution in [0.3, 0.4) is 0 Å². The predicted octanol–water partition coefficient (Wildman–Crippen LogP) is 8.96. The van der Waals surface area contributed by atoms with E-state index in [0.29, 0.717) is 22.3 Å². The van der Waals surface area contributed by atoms with Crippen molar-refractivity contribution in [1.82, 2.24) is 0 Å². The molecule has 0 saturated heterocycles. The first-order valence-corrected chi connectivity index (χ1v) is 11.4. The number of halogens is 5. The molecular formula is C31H19F5O. The SMILES string of the molecule is Fc1cc(-c2ccc(COc3c(F)cc(-c4ccc(-c5ccccc5)cc4)cc3F)cc2)cc(F)c1F. The van der Waals surface area contributed by atoms with Gasteiger partial charge in [-0.1, -0.05) is 78.9 Å². The first-order chi connectivity index (χ1) is 17.9. The van der Waals surface area contributed by atoms with Crippen molar-refractivity contribution in [1.29, 1.82) is 0 Å². The van der Waals surface area contributed by atoms with Crippen LogP contribution in [0.25, 0.3) is 33.4 Å². The number of ether oxygens (including phenoxy) is 1. The monoisotopic (exact) mass is 502 g/mol. The Bertz CT molecular complexity index is 1500. The van der Waals surface area contributed by atoms with Gasteiger partial charge in [-0.2, -0.15) is 0 Å². The second-order valence-corrected chi connectivity index (χ2v) is 8.45. The van der Waals surface area contributed by atoms with Gasteiger partial charge in [0.2, 0.25) is 0 Å². The molecule has 6 heteroatoms. The first-order valence-electron chi connectivity index (χ1n) is 11.4. The van der Waals surface area contributed by atoms with Gasteiger partial charge in [-0.3, -0.25) is 0 Å². The lowest BCUT2D eigenvalue weighted by Gasteiger charge is -2.12. The van der Waals surface area contributed by atoms with Gasteiger partial charge in [-0.05, 0) is 63.2 Å². The van der Waals surface area contributed by atoms with E-state index in [2.05, 4.69) is 0 Å². The minimum Gasteiger partial charge on any atom is -0.483 e. The average Bonchev–Trinajstić information content (AvgIpc) is 2.92. The molecular weight excluding hydrogens is 483 g/mol. The molecule has 0 spiro atoms. The van der Waals surface area contributed by atoms with E-state index in [1.165, 1.54) is 12.1 Å². The summed E-state index contributed by atoms with van der Waals surface area (Å²) in [6.07, 6.45) is 0. The third kappa shape index (κ3) is 5.23. The van der Waals surface area contributed by atoms with Gasteiger partial charge in [0.1, 0.15) is 6.61 Å². The molecule has 0 radical (unpaired) electrons. The Morgan fingerprint density at radius 3 is 1.35 bits per heavy atom. The Morgan fingerprint density at radius 1 is 0.432 bits per heavy atom. The fourth-order valence-corrected chi connectivity index (χ4v) is 4.02. The van der Waals surface area contributed by atoms with E-state index in [4.69, 9.17) is 4.74 Å². The van der Waals surface area contributed by atoms with E-state index in [9.17, 15) is 22.0 Å². The van der Waals surface area contributed by atoms with Crippen LogP contribution in [0.5, 0.6) is 5.75 Å². The molecule has 5 aromatic rings. The quantitative estimate of drug-likeness (QED) is 0.166. The molecule has 0 fully saturated rings. The Kier molecular flexibility index (Phi) is 6.73. The second-order valence-electron chi connectivity index (χ2n) is 8.45. The average molecular weight is 502 g/mol. The van der Waals surface area contributed by atoms with Gasteiger partial charge in [0.25, 0.3) is 0 Å². The fourth-order valence-electron chi connectivity index (χ4n) is 4.02. The predicted molar refractivity (Wildman–Crippen MR) is 133 cm³/mol. The number of hydrogen-bond donors (Lipinski definition) is 0. The van der Waals surface area contributed by atoms with Crippen LogP contribution in [-0.2, 0) is 6.61 Å². The largest absolute Gasteiger partial charge is 0.483 e. The third-order valence-electron chi connectivity index (χ3n) is 5.98. The van der Waals surface area contributed by atoms with Crippen LogP contribution >= 0.6 is 0 Å². The smallest absolute Gasteiger partial charge is 0.194 e. The first kappa shape index (κ1) is 24.3. The summed E-state index contributed by atoms with van der Waals surface area (Å²) in [5, 5.41) is 0. The molecule has 0 saturated carbocycles. The van der Waals surface area contributed by atoms with E-state index in [0.717, 1.165) is 23.3 Å². The van der Waals surface area contributed by atoms with Crippen molar-refractivity contribution in [2.45, 2.75) is 6.61 Å². The van der Waals surface area contributed by atoms with E-state index in [-0.39, 0.29) is 12.2 Å². The molecule has 37 heavy (non-hydrogen) atoms. The summed E-state index contributed by atoms with van der Waals surface area (Å²) in [4.78, 5) is 0. The normalized spacial score (nSPS) is 10.9. The molecule has 0 heterocycles. The molecule has 0 bridgehead atoms. The number of hydrogen-bond acceptors (Lipinski definition) is 1. The van der Waals surface area contributed by atoms with Gasteiger partial charge in [0.15, 0.2) is 34.8 Å². The zero-order valence-corrected chi connectivity index (χ0v) is 19.3. The maximum absolute atomic E-state index is 14.8. The maximum Gasteiger partial charge on any atom is 0.194 e. The fraction of sp³-hybridized carbons (Fsp3) is 0.0323. The van der Waals surface area contributed by atoms with Gasteiger partial charge in [0.05, 0.1) is 0 Å². The van der Waals surface area contributed by atoms with Gasteiger partial charge in [-0.25, -0.2) is 22.0 Å². The van der Waals surface area contributed by atoms with E-state index < -0.39 is 34.8 Å². The molecule has 5 aromatic carbocycles. The zero-order valence-electron chi connectivity index (χ0n) is 19.3. The van der Waals surface area contributed by atoms with Crippen LogP contribution in [0.1, 0.15) is 5.56 Å². The van der Waals surface area contributed by atoms with Crippen LogP contribution in [-0.4, -0.2) is 0 Å². The van der Waals surface area contributed by atoms with E-state index in [1.807, 2.05) is 42.5 Å². The lowest BCUT2D eigenvalue weighted by molar-refractivity contribution is 0.274. The van der Waals surface area contributed by atoms with Crippen LogP contribution in [0.15, 0.2) is 103 Å². The standard InChI is InChI=1S/C31H19F5O/c32-26-14-24(15-27(33)30(26)36)22-8-6-19(7-9-22)18-37-31-28(34)16-25(17-29(31)35)23-12-10-21(11-13-23)20-4-2-1-3-5-20/h1-17H,18H2. The molecule has 5 rings (SSSR count). The Balaban J connectivity index is 1.29. The molecule has 0 N–H and O–H groups in total. The highest BCUT2D eigenvalue weighted by Gasteiger charge is 2.15. The van der Waals surface area contributed by atoms with Gasteiger partial charge in [-0.15, -0.1) is 0 Å². The highest BCUT2D eigenvalue weighted by molar-refractivity contribution is 5.71. The van der Waals surface area contributed by atoms with E-state index >= 15 is 0 Å². The van der Waals surface area contributed by atoms with Crippen molar-refractivity contribution >= 4 is 0 Å². The van der Waals surface area contributed by atoms with Crippen LogP contribution < -0.4 is 4.74 Å². The lowest BCUT2D eigenvalue weighted by atomic mass is 10.00. The van der Waals surface area contributed by atoms with Crippen molar-refractivity contribution in [3.8, 4) is 39.1 Å². The zero-order chi connectivity index (χ0) is 25.9. The van der Waals surface area contributed by atoms with Crippen LogP contribution in [0.2, 0.25) is 0 Å². The highest BCUT2D eigenvalue weighted by Crippen LogP contribution is 2.31. The van der Waals surface area contributed by atoms with Gasteiger partial charge >= 0.3 is 0 Å². The molecule has 0 aromatic heterocycles. The lowest BCUT2D eigenvalue weighted by Crippen LogP contribution is -2.00. The van der Waals surface area contributed by atoms with Crippen molar-refractivity contribution in [3.05, 3.63) is 138 Å². The molecule has 0 aliphatic heterocycles. The van der Waals surface area contributed by atoms with Crippen molar-refractivity contribution < 1.29 is 26.7 Å². The molecule has 184 valence electrons. The van der Waals surface area contributed by atoms with Crippen molar-refractivity contribution in [2.75, 3.05) is 0 Å². The molecule has 0 unspecified atom stereocenters. The van der Waals surface area contributed by atoms with Crippen LogP contribution in [0, 0.1) is 29.1 Å². The Hall–Kier alpha value is -4.45. The highest BCUT2D eigenvalue weighted by atomic mass is 19.2. The second kappa shape index (κ2) is 10.3. The number of rotatable bonds is 6. The summed E-state index contributed by atoms with van der Waals surface area (Å²) in [6.45, 7) is -0.134. The van der Waals surface area contributed by atoms with Crippen LogP contribution in [0.4, 0.5) is 22.0 Å². The topological polar surface area (TPSA) is 9.23 Å². The summed E-state index contributed by atoms with van der Waals surface area (Å²) in [7, 11) is 0. The molecule has 0 amide bonds. The third-order valence-corrected chi connectivity index (χ3v) is 5.98. The summed E-state index contributed by atoms with van der Waals surface area (Å²) in [6, 6.07) is 27.7. The van der Waals surface area contributed by atoms with Gasteiger partial charge < -0.3 is 4.74 Å². The molecule has 0 aliphatic rings. The Morgan fingerprint density at radius 2 is 0.838 bits per heavy atom. The van der Waals surface area contributed by atoms with Crippen molar-refractivity contribution in [3.63, 3.8) is 0 Å². The molecule has 0 aliphatic carbocycles. The summed E-state index contributed by atoms with van der Waals surface area (Å²) in [5.74, 6) is -6.29. The van der Waals surface area contributed by atoms with Gasteiger partial charge in [0, 0.05) is 0 Å². The summed E-state index contributed by atoms with van der Waals surface area (Å²) >= 11 is 0. The summed E-state index contributed by atoms with van der Waals surface area (Å²) < 4.78 is 75.1. The minimum atomic E-state index is -1.53.